The van der Waals surface area contributed by atoms with Crippen LogP contribution in [0.2, 0.25) is 0 Å². The Morgan fingerprint density at radius 1 is 0.900 bits per heavy atom. The Hall–Kier alpha value is -1.80. The van der Waals surface area contributed by atoms with Gasteiger partial charge in [0.1, 0.15) is 11.9 Å². The van der Waals surface area contributed by atoms with E-state index in [-0.39, 0.29) is 0 Å². The first kappa shape index (κ1) is 14.6. The third-order valence-electron chi connectivity index (χ3n) is 3.75. The SMILES string of the molecule is COc1ccc(C(O)c2c(C)cc(C)cc2C)cc1C. The highest BCUT2D eigenvalue weighted by atomic mass is 16.5. The normalized spacial score (nSPS) is 12.3. The summed E-state index contributed by atoms with van der Waals surface area (Å²) in [5.41, 5.74) is 6.42. The van der Waals surface area contributed by atoms with Crippen molar-refractivity contribution in [1.82, 2.24) is 0 Å². The molecule has 0 heterocycles. The lowest BCUT2D eigenvalue weighted by molar-refractivity contribution is 0.218. The van der Waals surface area contributed by atoms with Crippen molar-refractivity contribution in [2.75, 3.05) is 7.11 Å². The van der Waals surface area contributed by atoms with E-state index < -0.39 is 6.10 Å². The van der Waals surface area contributed by atoms with Gasteiger partial charge >= 0.3 is 0 Å². The zero-order valence-electron chi connectivity index (χ0n) is 12.8. The summed E-state index contributed by atoms with van der Waals surface area (Å²) in [5, 5.41) is 10.7. The van der Waals surface area contributed by atoms with Gasteiger partial charge in [0.2, 0.25) is 0 Å². The van der Waals surface area contributed by atoms with Crippen molar-refractivity contribution in [3.05, 3.63) is 63.7 Å². The first-order valence-corrected chi connectivity index (χ1v) is 6.84. The number of benzene rings is 2. The maximum absolute atomic E-state index is 10.7. The van der Waals surface area contributed by atoms with Gasteiger partial charge in [0.25, 0.3) is 0 Å². The highest BCUT2D eigenvalue weighted by Crippen LogP contribution is 2.31. The molecule has 2 heteroatoms. The van der Waals surface area contributed by atoms with Gasteiger partial charge in [-0.3, -0.25) is 0 Å². The zero-order chi connectivity index (χ0) is 14.9. The highest BCUT2D eigenvalue weighted by Gasteiger charge is 2.16. The number of hydrogen-bond acceptors (Lipinski definition) is 2. The molecule has 2 aromatic rings. The number of aliphatic hydroxyl groups excluding tert-OH is 1. The van der Waals surface area contributed by atoms with E-state index in [4.69, 9.17) is 4.74 Å². The van der Waals surface area contributed by atoms with E-state index in [0.29, 0.717) is 0 Å². The second-order valence-corrected chi connectivity index (χ2v) is 5.44. The van der Waals surface area contributed by atoms with Crippen LogP contribution in [0.25, 0.3) is 0 Å². The first-order valence-electron chi connectivity index (χ1n) is 6.84. The molecule has 2 rings (SSSR count). The van der Waals surface area contributed by atoms with Gasteiger partial charge in [0.05, 0.1) is 7.11 Å². The average Bonchev–Trinajstić information content (AvgIpc) is 2.37. The molecule has 2 nitrogen and oxygen atoms in total. The summed E-state index contributed by atoms with van der Waals surface area (Å²) < 4.78 is 5.27. The van der Waals surface area contributed by atoms with Crippen molar-refractivity contribution in [2.24, 2.45) is 0 Å². The zero-order valence-corrected chi connectivity index (χ0v) is 12.8. The molecule has 0 spiro atoms. The van der Waals surface area contributed by atoms with Crippen LogP contribution in [0.1, 0.15) is 39.5 Å². The fourth-order valence-corrected chi connectivity index (χ4v) is 2.86. The molecule has 0 radical (unpaired) electrons. The molecule has 0 amide bonds. The molecular weight excluding hydrogens is 248 g/mol. The summed E-state index contributed by atoms with van der Waals surface area (Å²) in [7, 11) is 1.66. The minimum Gasteiger partial charge on any atom is -0.496 e. The first-order chi connectivity index (χ1) is 9.43. The molecule has 0 saturated heterocycles. The van der Waals surface area contributed by atoms with Crippen molar-refractivity contribution in [3.8, 4) is 5.75 Å². The fraction of sp³-hybridized carbons (Fsp3) is 0.333. The molecule has 20 heavy (non-hydrogen) atoms. The minimum atomic E-state index is -0.597. The Morgan fingerprint density at radius 3 is 2.00 bits per heavy atom. The van der Waals surface area contributed by atoms with Gasteiger partial charge in [0, 0.05) is 0 Å². The lowest BCUT2D eigenvalue weighted by Crippen LogP contribution is -2.05. The summed E-state index contributed by atoms with van der Waals surface area (Å²) in [6, 6.07) is 10.0. The number of rotatable bonds is 3. The Morgan fingerprint density at radius 2 is 1.50 bits per heavy atom. The molecule has 0 aliphatic rings. The Balaban J connectivity index is 2.46. The molecule has 2 aromatic carbocycles. The van der Waals surface area contributed by atoms with Crippen LogP contribution in [0.4, 0.5) is 0 Å². The molecule has 1 unspecified atom stereocenters. The van der Waals surface area contributed by atoms with Gasteiger partial charge in [-0.05, 0) is 67.6 Å². The number of aryl methyl sites for hydroxylation is 4. The lowest BCUT2D eigenvalue weighted by atomic mass is 9.91. The van der Waals surface area contributed by atoms with E-state index >= 15 is 0 Å². The van der Waals surface area contributed by atoms with Crippen LogP contribution >= 0.6 is 0 Å². The molecule has 0 fully saturated rings. The van der Waals surface area contributed by atoms with Crippen molar-refractivity contribution in [3.63, 3.8) is 0 Å². The Bertz CT molecular complexity index is 606. The van der Waals surface area contributed by atoms with E-state index in [1.807, 2.05) is 25.1 Å². The van der Waals surface area contributed by atoms with Crippen molar-refractivity contribution >= 4 is 0 Å². The quantitative estimate of drug-likeness (QED) is 0.913. The second kappa shape index (κ2) is 5.68. The van der Waals surface area contributed by atoms with E-state index in [2.05, 4.69) is 32.9 Å². The summed E-state index contributed by atoms with van der Waals surface area (Å²) >= 11 is 0. The number of ether oxygens (including phenoxy) is 1. The summed E-state index contributed by atoms with van der Waals surface area (Å²) in [6.07, 6.45) is -0.597. The number of aliphatic hydroxyl groups is 1. The molecule has 0 aliphatic heterocycles. The van der Waals surface area contributed by atoms with Gasteiger partial charge in [-0.2, -0.15) is 0 Å². The second-order valence-electron chi connectivity index (χ2n) is 5.44. The van der Waals surface area contributed by atoms with Crippen LogP contribution < -0.4 is 4.74 Å². The van der Waals surface area contributed by atoms with Crippen LogP contribution in [0.15, 0.2) is 30.3 Å². The van der Waals surface area contributed by atoms with Crippen LogP contribution in [0.5, 0.6) is 5.75 Å². The predicted molar refractivity (Wildman–Crippen MR) is 82.4 cm³/mol. The maximum atomic E-state index is 10.7. The van der Waals surface area contributed by atoms with Crippen LogP contribution in [-0.4, -0.2) is 12.2 Å². The topological polar surface area (TPSA) is 29.5 Å². The van der Waals surface area contributed by atoms with E-state index in [0.717, 1.165) is 33.6 Å². The molecular formula is C18H22O2. The average molecular weight is 270 g/mol. The monoisotopic (exact) mass is 270 g/mol. The van der Waals surface area contributed by atoms with Crippen molar-refractivity contribution < 1.29 is 9.84 Å². The maximum Gasteiger partial charge on any atom is 0.121 e. The van der Waals surface area contributed by atoms with Gasteiger partial charge < -0.3 is 9.84 Å². The molecule has 1 N–H and O–H groups in total. The molecule has 0 aromatic heterocycles. The molecule has 106 valence electrons. The Kier molecular flexibility index (Phi) is 4.15. The molecule has 0 aliphatic carbocycles. The standard InChI is InChI=1S/C18H22O2/c1-11-8-13(3)17(14(4)9-11)18(19)15-6-7-16(20-5)12(2)10-15/h6-10,18-19H,1-5H3. The number of hydrogen-bond donors (Lipinski definition) is 1. The number of methoxy groups -OCH3 is 1. The summed E-state index contributed by atoms with van der Waals surface area (Å²) in [6.45, 7) is 8.17. The van der Waals surface area contributed by atoms with Gasteiger partial charge in [-0.25, -0.2) is 0 Å². The van der Waals surface area contributed by atoms with Crippen LogP contribution in [0, 0.1) is 27.7 Å². The fourth-order valence-electron chi connectivity index (χ4n) is 2.86. The van der Waals surface area contributed by atoms with Crippen molar-refractivity contribution in [2.45, 2.75) is 33.8 Å². The van der Waals surface area contributed by atoms with E-state index in [9.17, 15) is 5.11 Å². The summed E-state index contributed by atoms with van der Waals surface area (Å²) in [5.74, 6) is 0.846. The summed E-state index contributed by atoms with van der Waals surface area (Å²) in [4.78, 5) is 0. The largest absolute Gasteiger partial charge is 0.496 e. The molecule has 0 bridgehead atoms. The smallest absolute Gasteiger partial charge is 0.121 e. The highest BCUT2D eigenvalue weighted by molar-refractivity contribution is 5.45. The van der Waals surface area contributed by atoms with E-state index in [1.54, 1.807) is 7.11 Å². The third-order valence-corrected chi connectivity index (χ3v) is 3.75. The van der Waals surface area contributed by atoms with Crippen LogP contribution in [-0.2, 0) is 0 Å². The van der Waals surface area contributed by atoms with Crippen molar-refractivity contribution in [1.29, 1.82) is 0 Å². The third kappa shape index (κ3) is 2.70. The van der Waals surface area contributed by atoms with Crippen LogP contribution in [0.3, 0.4) is 0 Å². The Labute approximate surface area is 121 Å². The predicted octanol–water partition coefficient (Wildman–Crippen LogP) is 4.01. The molecule has 0 saturated carbocycles. The van der Waals surface area contributed by atoms with Gasteiger partial charge in [-0.15, -0.1) is 0 Å². The molecule has 1 atom stereocenters. The lowest BCUT2D eigenvalue weighted by Gasteiger charge is -2.19. The van der Waals surface area contributed by atoms with Gasteiger partial charge in [0.15, 0.2) is 0 Å². The van der Waals surface area contributed by atoms with E-state index in [1.165, 1.54) is 5.56 Å². The minimum absolute atomic E-state index is 0.597. The van der Waals surface area contributed by atoms with Gasteiger partial charge in [-0.1, -0.05) is 23.8 Å².